The molecular formula is C22H24F3NO6S. The Morgan fingerprint density at radius 3 is 2.61 bits per heavy atom. The maximum atomic E-state index is 13.0. The highest BCUT2D eigenvalue weighted by Crippen LogP contribution is 2.32. The summed E-state index contributed by atoms with van der Waals surface area (Å²) in [5, 5.41) is 0. The van der Waals surface area contributed by atoms with Gasteiger partial charge in [0.25, 0.3) is 0 Å². The molecule has 1 heterocycles. The molecule has 0 aliphatic carbocycles. The number of ether oxygens (including phenoxy) is 2. The third kappa shape index (κ3) is 6.68. The highest BCUT2D eigenvalue weighted by molar-refractivity contribution is 7.87. The highest BCUT2D eigenvalue weighted by atomic mass is 32.2. The Balaban J connectivity index is 1.85. The predicted molar refractivity (Wildman–Crippen MR) is 112 cm³/mol. The molecule has 1 atom stereocenters. The summed E-state index contributed by atoms with van der Waals surface area (Å²) in [6.07, 6.45) is -3.17. The van der Waals surface area contributed by atoms with Crippen molar-refractivity contribution in [2.75, 3.05) is 26.9 Å². The largest absolute Gasteiger partial charge is 0.416 e. The van der Waals surface area contributed by atoms with Gasteiger partial charge in [0.2, 0.25) is 5.91 Å². The molecule has 0 N–H and O–H groups in total. The molecule has 1 saturated heterocycles. The van der Waals surface area contributed by atoms with E-state index in [1.165, 1.54) is 24.1 Å². The molecule has 7 nitrogen and oxygen atoms in total. The number of alkyl halides is 3. The van der Waals surface area contributed by atoms with Crippen LogP contribution in [0, 0.1) is 0 Å². The van der Waals surface area contributed by atoms with Crippen LogP contribution in [-0.2, 0) is 37.1 Å². The number of carbonyl (C=O) groups is 1. The molecule has 2 aromatic rings. The number of nitrogens with zero attached hydrogens (tertiary/aromatic N) is 1. The molecule has 3 rings (SSSR count). The maximum absolute atomic E-state index is 13.0. The minimum atomic E-state index is -4.70. The van der Waals surface area contributed by atoms with Crippen molar-refractivity contribution in [3.8, 4) is 5.75 Å². The molecule has 2 aromatic carbocycles. The molecule has 1 amide bonds. The summed E-state index contributed by atoms with van der Waals surface area (Å²) in [5.41, 5.74) is -0.733. The van der Waals surface area contributed by atoms with E-state index in [1.54, 1.807) is 12.1 Å². The van der Waals surface area contributed by atoms with Crippen molar-refractivity contribution < 1.29 is 40.0 Å². The Kier molecular flexibility index (Phi) is 7.98. The first-order valence-corrected chi connectivity index (χ1v) is 11.6. The van der Waals surface area contributed by atoms with Crippen LogP contribution in [-0.4, -0.2) is 52.2 Å². The van der Waals surface area contributed by atoms with Crippen molar-refractivity contribution in [3.05, 3.63) is 59.7 Å². The molecule has 0 saturated carbocycles. The number of rotatable bonds is 9. The van der Waals surface area contributed by atoms with E-state index in [9.17, 15) is 26.4 Å². The van der Waals surface area contributed by atoms with Crippen LogP contribution >= 0.6 is 0 Å². The lowest BCUT2D eigenvalue weighted by Gasteiger charge is -2.26. The average Bonchev–Trinajstić information content (AvgIpc) is 3.27. The summed E-state index contributed by atoms with van der Waals surface area (Å²) < 4.78 is 80.2. The van der Waals surface area contributed by atoms with Gasteiger partial charge in [-0.15, -0.1) is 0 Å². The zero-order chi connectivity index (χ0) is 24.1. The van der Waals surface area contributed by atoms with Gasteiger partial charge in [0.1, 0.15) is 17.3 Å². The number of halogens is 3. The predicted octanol–water partition coefficient (Wildman–Crippen LogP) is 3.63. The van der Waals surface area contributed by atoms with Crippen LogP contribution in [0.2, 0.25) is 0 Å². The van der Waals surface area contributed by atoms with Crippen LogP contribution in [0.3, 0.4) is 0 Å². The molecule has 0 bridgehead atoms. The summed E-state index contributed by atoms with van der Waals surface area (Å²) in [5.74, 6) is -0.402. The molecule has 1 aliphatic heterocycles. The minimum absolute atomic E-state index is 0.0103. The fourth-order valence-corrected chi connectivity index (χ4v) is 4.43. The molecule has 11 heteroatoms. The van der Waals surface area contributed by atoms with Gasteiger partial charge in [-0.1, -0.05) is 24.3 Å². The van der Waals surface area contributed by atoms with Crippen molar-refractivity contribution in [3.63, 3.8) is 0 Å². The summed E-state index contributed by atoms with van der Waals surface area (Å²) in [6.45, 7) is 0.734. The van der Waals surface area contributed by atoms with E-state index in [4.69, 9.17) is 13.7 Å². The summed E-state index contributed by atoms with van der Waals surface area (Å²) in [7, 11) is -3.17. The van der Waals surface area contributed by atoms with Gasteiger partial charge in [-0.3, -0.25) is 4.79 Å². The molecule has 1 aliphatic rings. The normalized spacial score (nSPS) is 16.5. The monoisotopic (exact) mass is 487 g/mol. The lowest BCUT2D eigenvalue weighted by Crippen LogP contribution is -2.39. The van der Waals surface area contributed by atoms with E-state index in [1.807, 2.05) is 0 Å². The van der Waals surface area contributed by atoms with Gasteiger partial charge >= 0.3 is 16.3 Å². The van der Waals surface area contributed by atoms with Gasteiger partial charge < -0.3 is 18.6 Å². The number of methoxy groups -OCH3 is 1. The number of benzene rings is 2. The molecule has 1 fully saturated rings. The van der Waals surface area contributed by atoms with E-state index in [-0.39, 0.29) is 37.5 Å². The third-order valence-electron chi connectivity index (χ3n) is 5.05. The first kappa shape index (κ1) is 25.0. The Hall–Kier alpha value is -2.63. The standard InChI is InChI=1S/C22H24F3NO6S/c1-30-15-21(27)26(14-18-8-5-11-31-18)13-16-6-2-3-10-20(16)32-33(28,29)19-9-4-7-17(12-19)22(23,24)25/h2-4,6-7,9-10,12,18H,5,8,11,13-15H2,1H3/t18-/m0/s1. The molecule has 0 aromatic heterocycles. The molecule has 33 heavy (non-hydrogen) atoms. The molecule has 0 spiro atoms. The fraction of sp³-hybridized carbons (Fsp3) is 0.409. The van der Waals surface area contributed by atoms with Gasteiger partial charge in [-0.05, 0) is 37.1 Å². The fourth-order valence-electron chi connectivity index (χ4n) is 3.42. The van der Waals surface area contributed by atoms with Gasteiger partial charge in [0, 0.05) is 32.4 Å². The minimum Gasteiger partial charge on any atom is -0.379 e. The molecule has 0 unspecified atom stereocenters. The quantitative estimate of drug-likeness (QED) is 0.503. The molecule has 180 valence electrons. The van der Waals surface area contributed by atoms with Gasteiger partial charge in [-0.2, -0.15) is 21.6 Å². The van der Waals surface area contributed by atoms with Crippen LogP contribution in [0.1, 0.15) is 24.0 Å². The van der Waals surface area contributed by atoms with Crippen LogP contribution in [0.4, 0.5) is 13.2 Å². The van der Waals surface area contributed by atoms with Gasteiger partial charge in [0.15, 0.2) is 0 Å². The van der Waals surface area contributed by atoms with Crippen molar-refractivity contribution in [2.24, 2.45) is 0 Å². The van der Waals surface area contributed by atoms with Crippen LogP contribution in [0.25, 0.3) is 0 Å². The lowest BCUT2D eigenvalue weighted by atomic mass is 10.1. The number of amides is 1. The number of para-hydroxylation sites is 1. The second kappa shape index (κ2) is 10.5. The van der Waals surface area contributed by atoms with Crippen molar-refractivity contribution in [1.82, 2.24) is 4.90 Å². The van der Waals surface area contributed by atoms with E-state index < -0.39 is 26.8 Å². The van der Waals surface area contributed by atoms with Crippen LogP contribution in [0.5, 0.6) is 5.75 Å². The second-order valence-corrected chi connectivity index (χ2v) is 9.06. The van der Waals surface area contributed by atoms with Gasteiger partial charge in [-0.25, -0.2) is 0 Å². The topological polar surface area (TPSA) is 82.1 Å². The smallest absolute Gasteiger partial charge is 0.379 e. The van der Waals surface area contributed by atoms with Crippen molar-refractivity contribution in [2.45, 2.75) is 36.6 Å². The number of hydrogen-bond donors (Lipinski definition) is 0. The van der Waals surface area contributed by atoms with E-state index >= 15 is 0 Å². The first-order chi connectivity index (χ1) is 15.6. The average molecular weight is 487 g/mol. The third-order valence-corrected chi connectivity index (χ3v) is 6.28. The first-order valence-electron chi connectivity index (χ1n) is 10.2. The number of hydrogen-bond acceptors (Lipinski definition) is 6. The molecule has 0 radical (unpaired) electrons. The zero-order valence-electron chi connectivity index (χ0n) is 17.9. The van der Waals surface area contributed by atoms with Crippen molar-refractivity contribution >= 4 is 16.0 Å². The Labute approximate surface area is 190 Å². The summed E-state index contributed by atoms with van der Waals surface area (Å²) >= 11 is 0. The number of carbonyl (C=O) groups excluding carboxylic acids is 1. The van der Waals surface area contributed by atoms with Crippen LogP contribution in [0.15, 0.2) is 53.4 Å². The summed E-state index contributed by atoms with van der Waals surface area (Å²) in [4.78, 5) is 13.4. The van der Waals surface area contributed by atoms with Crippen LogP contribution < -0.4 is 4.18 Å². The van der Waals surface area contributed by atoms with E-state index in [0.717, 1.165) is 31.0 Å². The highest BCUT2D eigenvalue weighted by Gasteiger charge is 2.32. The lowest BCUT2D eigenvalue weighted by molar-refractivity contribution is -0.138. The SMILES string of the molecule is COCC(=O)N(Cc1ccccc1OS(=O)(=O)c1cccc(C(F)(F)F)c1)C[C@@H]1CCCO1. The Morgan fingerprint density at radius 1 is 1.18 bits per heavy atom. The summed E-state index contributed by atoms with van der Waals surface area (Å²) in [6, 6.07) is 9.45. The van der Waals surface area contributed by atoms with E-state index in [0.29, 0.717) is 18.2 Å². The van der Waals surface area contributed by atoms with Gasteiger partial charge in [0.05, 0.1) is 11.7 Å². The Morgan fingerprint density at radius 2 is 1.94 bits per heavy atom. The maximum Gasteiger partial charge on any atom is 0.416 e. The Bertz CT molecular complexity index is 1070. The molecular weight excluding hydrogens is 463 g/mol. The van der Waals surface area contributed by atoms with E-state index in [2.05, 4.69) is 0 Å². The zero-order valence-corrected chi connectivity index (χ0v) is 18.7. The van der Waals surface area contributed by atoms with Crippen molar-refractivity contribution in [1.29, 1.82) is 0 Å². The second-order valence-electron chi connectivity index (χ2n) is 7.51.